The number of aromatic nitrogens is 3. The van der Waals surface area contributed by atoms with Crippen molar-refractivity contribution < 1.29 is 18.0 Å². The number of carbonyl (C=O) groups excluding carboxylic acids is 1. The van der Waals surface area contributed by atoms with E-state index in [0.29, 0.717) is 29.0 Å². The van der Waals surface area contributed by atoms with Gasteiger partial charge in [-0.15, -0.1) is 0 Å². The molecule has 1 saturated heterocycles. The molecule has 0 saturated carbocycles. The van der Waals surface area contributed by atoms with Gasteiger partial charge in [-0.05, 0) is 79.7 Å². The van der Waals surface area contributed by atoms with Crippen molar-refractivity contribution in [2.75, 3.05) is 43.9 Å². The van der Waals surface area contributed by atoms with Crippen LogP contribution in [0, 0.1) is 6.92 Å². The maximum atomic E-state index is 13.8. The normalized spacial score (nSPS) is 14.6. The van der Waals surface area contributed by atoms with Gasteiger partial charge in [0.05, 0.1) is 16.9 Å². The Labute approximate surface area is 252 Å². The van der Waals surface area contributed by atoms with Crippen LogP contribution in [0.3, 0.4) is 0 Å². The molecule has 0 atom stereocenters. The van der Waals surface area contributed by atoms with Gasteiger partial charge in [-0.2, -0.15) is 13.2 Å². The Bertz CT molecular complexity index is 1800. The Balaban J connectivity index is 1.26. The second-order valence-corrected chi connectivity index (χ2v) is 11.1. The maximum Gasteiger partial charge on any atom is 0.416 e. The third kappa shape index (κ3) is 6.58. The molecule has 0 bridgehead atoms. The fourth-order valence-electron chi connectivity index (χ4n) is 5.33. The van der Waals surface area contributed by atoms with Crippen molar-refractivity contribution in [3.8, 4) is 11.3 Å². The summed E-state index contributed by atoms with van der Waals surface area (Å²) in [6.07, 6.45) is 0.700. The number of fused-ring (bicyclic) bond motifs is 1. The first-order valence-corrected chi connectivity index (χ1v) is 14.3. The van der Waals surface area contributed by atoms with Gasteiger partial charge in [0.1, 0.15) is 5.65 Å². The van der Waals surface area contributed by atoms with Gasteiger partial charge in [-0.25, -0.2) is 4.98 Å². The number of H-pyrrole nitrogens is 1. The molecule has 0 unspecified atom stereocenters. The number of rotatable bonds is 7. The molecule has 226 valence electrons. The number of benzene rings is 2. The number of piperazine rings is 1. The fourth-order valence-corrected chi connectivity index (χ4v) is 5.33. The van der Waals surface area contributed by atoms with E-state index in [2.05, 4.69) is 30.4 Å². The standard InChI is InChI=1S/C33H32F3N7O/c1-21-5-6-23(16-28(21)40-30-18-29(24-4-3-8-37-19-24)41-31-27(30)7-9-38-31)32(44)39-26-15-22(14-25(17-26)33(34,35)36)20-43-12-10-42(2)11-13-43/h3-9,14-19H,10-13,20H2,1-2H3,(H,39,44)(H2,38,40,41). The van der Waals surface area contributed by atoms with Crippen molar-refractivity contribution in [1.82, 2.24) is 24.8 Å². The van der Waals surface area contributed by atoms with Gasteiger partial charge in [0.25, 0.3) is 5.91 Å². The van der Waals surface area contributed by atoms with Crippen molar-refractivity contribution in [1.29, 1.82) is 0 Å². The summed E-state index contributed by atoms with van der Waals surface area (Å²) in [5.41, 5.74) is 4.74. The predicted octanol–water partition coefficient (Wildman–Crippen LogP) is 6.70. The first-order valence-electron chi connectivity index (χ1n) is 14.3. The van der Waals surface area contributed by atoms with Crippen molar-refractivity contribution >= 4 is 34.0 Å². The van der Waals surface area contributed by atoms with Crippen molar-refractivity contribution in [3.05, 3.63) is 102 Å². The summed E-state index contributed by atoms with van der Waals surface area (Å²) in [6.45, 7) is 5.53. The number of nitrogens with zero attached hydrogens (tertiary/aromatic N) is 4. The highest BCUT2D eigenvalue weighted by Gasteiger charge is 2.31. The van der Waals surface area contributed by atoms with Gasteiger partial charge in [-0.1, -0.05) is 6.07 Å². The summed E-state index contributed by atoms with van der Waals surface area (Å²) in [5, 5.41) is 7.01. The minimum atomic E-state index is -4.54. The minimum absolute atomic E-state index is 0.105. The van der Waals surface area contributed by atoms with E-state index in [4.69, 9.17) is 4.98 Å². The molecule has 44 heavy (non-hydrogen) atoms. The van der Waals surface area contributed by atoms with Gasteiger partial charge in [0.2, 0.25) is 0 Å². The van der Waals surface area contributed by atoms with Gasteiger partial charge >= 0.3 is 6.18 Å². The number of hydrogen-bond donors (Lipinski definition) is 3. The lowest BCUT2D eigenvalue weighted by Gasteiger charge is -2.32. The van der Waals surface area contributed by atoms with E-state index in [1.54, 1.807) is 42.9 Å². The number of halogens is 3. The number of hydrogen-bond acceptors (Lipinski definition) is 6. The number of pyridine rings is 2. The molecule has 1 aliphatic rings. The van der Waals surface area contributed by atoms with E-state index >= 15 is 0 Å². The predicted molar refractivity (Wildman–Crippen MR) is 166 cm³/mol. The van der Waals surface area contributed by atoms with E-state index in [-0.39, 0.29) is 5.69 Å². The molecule has 0 aliphatic carbocycles. The summed E-state index contributed by atoms with van der Waals surface area (Å²) >= 11 is 0. The number of alkyl halides is 3. The number of amides is 1. The molecule has 4 heterocycles. The van der Waals surface area contributed by atoms with Crippen LogP contribution in [-0.2, 0) is 12.7 Å². The Hall–Kier alpha value is -4.74. The van der Waals surface area contributed by atoms with Gasteiger partial charge < -0.3 is 20.5 Å². The highest BCUT2D eigenvalue weighted by molar-refractivity contribution is 6.05. The van der Waals surface area contributed by atoms with Crippen LogP contribution in [0.15, 0.2) is 79.3 Å². The van der Waals surface area contributed by atoms with Gasteiger partial charge in [0, 0.05) is 79.2 Å². The topological polar surface area (TPSA) is 89.2 Å². The van der Waals surface area contributed by atoms with Crippen LogP contribution in [0.4, 0.5) is 30.2 Å². The van der Waals surface area contributed by atoms with Crippen LogP contribution >= 0.6 is 0 Å². The van der Waals surface area contributed by atoms with Gasteiger partial charge in [0.15, 0.2) is 0 Å². The number of nitrogens with one attached hydrogen (secondary N) is 3. The Morgan fingerprint density at radius 2 is 1.82 bits per heavy atom. The van der Waals surface area contributed by atoms with Crippen molar-refractivity contribution in [2.45, 2.75) is 19.6 Å². The third-order valence-corrected chi connectivity index (χ3v) is 7.84. The number of aromatic amines is 1. The smallest absolute Gasteiger partial charge is 0.355 e. The molecule has 0 spiro atoms. The largest absolute Gasteiger partial charge is 0.416 e. The zero-order chi connectivity index (χ0) is 30.8. The van der Waals surface area contributed by atoms with Crippen LogP contribution < -0.4 is 10.6 Å². The molecule has 1 amide bonds. The molecular formula is C33H32F3N7O. The maximum absolute atomic E-state index is 13.8. The Kier molecular flexibility index (Phi) is 8.07. The average molecular weight is 600 g/mol. The third-order valence-electron chi connectivity index (χ3n) is 7.84. The van der Waals surface area contributed by atoms with Crippen LogP contribution in [0.2, 0.25) is 0 Å². The summed E-state index contributed by atoms with van der Waals surface area (Å²) < 4.78 is 41.4. The SMILES string of the molecule is Cc1ccc(C(=O)Nc2cc(CN3CCN(C)CC3)cc(C(F)(F)F)c2)cc1Nc1cc(-c2cccnc2)nc2[nH]ccc12. The highest BCUT2D eigenvalue weighted by Crippen LogP contribution is 2.34. The van der Waals surface area contributed by atoms with E-state index < -0.39 is 17.6 Å². The number of carbonyl (C=O) groups is 1. The lowest BCUT2D eigenvalue weighted by Crippen LogP contribution is -2.43. The zero-order valence-corrected chi connectivity index (χ0v) is 24.4. The molecule has 6 rings (SSSR count). The van der Waals surface area contributed by atoms with Crippen LogP contribution in [0.1, 0.15) is 27.0 Å². The molecular weight excluding hydrogens is 567 g/mol. The minimum Gasteiger partial charge on any atom is -0.355 e. The van der Waals surface area contributed by atoms with Crippen LogP contribution in [-0.4, -0.2) is 63.9 Å². The molecule has 1 aliphatic heterocycles. The molecule has 0 radical (unpaired) electrons. The van der Waals surface area contributed by atoms with Crippen LogP contribution in [0.5, 0.6) is 0 Å². The molecule has 11 heteroatoms. The molecule has 3 aromatic heterocycles. The van der Waals surface area contributed by atoms with Gasteiger partial charge in [-0.3, -0.25) is 14.7 Å². The molecule has 5 aromatic rings. The second kappa shape index (κ2) is 12.1. The van der Waals surface area contributed by atoms with E-state index in [0.717, 1.165) is 66.2 Å². The average Bonchev–Trinajstić information content (AvgIpc) is 3.48. The number of aryl methyl sites for hydroxylation is 1. The van der Waals surface area contributed by atoms with E-state index in [1.807, 2.05) is 38.2 Å². The summed E-state index contributed by atoms with van der Waals surface area (Å²) in [7, 11) is 2.03. The second-order valence-electron chi connectivity index (χ2n) is 11.1. The highest BCUT2D eigenvalue weighted by atomic mass is 19.4. The van der Waals surface area contributed by atoms with Crippen molar-refractivity contribution in [2.24, 2.45) is 0 Å². The molecule has 2 aromatic carbocycles. The molecule has 8 nitrogen and oxygen atoms in total. The quantitative estimate of drug-likeness (QED) is 0.193. The number of anilines is 3. The fraction of sp³-hybridized carbons (Fsp3) is 0.242. The lowest BCUT2D eigenvalue weighted by atomic mass is 10.1. The Morgan fingerprint density at radius 1 is 1.00 bits per heavy atom. The molecule has 1 fully saturated rings. The Morgan fingerprint density at radius 3 is 2.57 bits per heavy atom. The zero-order valence-electron chi connectivity index (χ0n) is 24.4. The summed E-state index contributed by atoms with van der Waals surface area (Å²) in [5.74, 6) is -0.504. The number of likely N-dealkylation sites (N-methyl/N-ethyl adjacent to an activating group) is 1. The lowest BCUT2D eigenvalue weighted by molar-refractivity contribution is -0.137. The van der Waals surface area contributed by atoms with E-state index in [9.17, 15) is 18.0 Å². The van der Waals surface area contributed by atoms with E-state index in [1.165, 1.54) is 0 Å². The first kappa shape index (κ1) is 29.3. The van der Waals surface area contributed by atoms with Crippen LogP contribution in [0.25, 0.3) is 22.3 Å². The summed E-state index contributed by atoms with van der Waals surface area (Å²) in [6, 6.07) is 16.5. The van der Waals surface area contributed by atoms with Crippen molar-refractivity contribution in [3.63, 3.8) is 0 Å². The first-order chi connectivity index (χ1) is 21.1. The monoisotopic (exact) mass is 599 g/mol. The summed E-state index contributed by atoms with van der Waals surface area (Å²) in [4.78, 5) is 29.8. The molecule has 3 N–H and O–H groups in total.